The summed E-state index contributed by atoms with van der Waals surface area (Å²) >= 11 is 0. The molecule has 0 bridgehead atoms. The molecule has 2 heterocycles. The summed E-state index contributed by atoms with van der Waals surface area (Å²) in [6, 6.07) is 16.2. The largest absolute Gasteiger partial charge is 0.469 e. The Balaban J connectivity index is 1.63. The van der Waals surface area contributed by atoms with Crippen molar-refractivity contribution in [2.24, 2.45) is 0 Å². The maximum atomic E-state index is 13.8. The number of fused-ring (bicyclic) bond motifs is 2. The topological polar surface area (TPSA) is 170 Å². The first-order valence-electron chi connectivity index (χ1n) is 20.0. The first-order valence-corrected chi connectivity index (χ1v) is 23.2. The fraction of sp³-hybridized carbons (Fsp3) is 0.477. The van der Waals surface area contributed by atoms with E-state index in [-0.39, 0.29) is 34.2 Å². The molecule has 0 fully saturated rings. The van der Waals surface area contributed by atoms with Crippen LogP contribution in [0.4, 0.5) is 11.4 Å². The van der Waals surface area contributed by atoms with Gasteiger partial charge in [0.05, 0.1) is 24.0 Å². The number of hydrogen-bond acceptors (Lipinski definition) is 8. The lowest BCUT2D eigenvalue weighted by Gasteiger charge is -2.27. The summed E-state index contributed by atoms with van der Waals surface area (Å²) in [6.45, 7) is 10.1. The monoisotopic (exact) mass is 838 g/mol. The van der Waals surface area contributed by atoms with E-state index in [4.69, 9.17) is 4.74 Å². The molecule has 2 aromatic carbocycles. The maximum Gasteiger partial charge on any atom is 0.305 e. The number of anilines is 1. The molecule has 0 aromatic heterocycles. The van der Waals surface area contributed by atoms with Crippen LogP contribution in [0.5, 0.6) is 0 Å². The van der Waals surface area contributed by atoms with Gasteiger partial charge in [-0.1, -0.05) is 75.2 Å². The third kappa shape index (κ3) is 12.8. The molecule has 58 heavy (non-hydrogen) atoms. The average Bonchev–Trinajstić information content (AvgIpc) is 3.51. The van der Waals surface area contributed by atoms with Crippen molar-refractivity contribution in [2.75, 3.05) is 43.1 Å². The quantitative estimate of drug-likeness (QED) is 0.0272. The van der Waals surface area contributed by atoms with Crippen molar-refractivity contribution < 1.29 is 44.8 Å². The Morgan fingerprint density at radius 2 is 1.43 bits per heavy atom. The Hall–Kier alpha value is -4.37. The third-order valence-corrected chi connectivity index (χ3v) is 12.4. The molecule has 2 aromatic rings. The molecule has 2 aliphatic rings. The standard InChI is InChI=1S/C44H59N3O9S2/c1-43(2)35-22-9-11-24-37(35)46(30-14-16-32-57(50,51)52)39(43)26-18-20-34(42(49)45-29-13-7-6-8-28-41(48)56-5)21-19-27-40-44(3,4)36-23-10-12-25-38(36)47(40)31-15-17-33-58(53,54)55/h9-12,18-27H,6-8,13-17,28-33H2,1-5H3,(H2-,45,49,50,51,52,53,54,55)/p+1. The number of carbonyl (C=O) groups excluding carboxylic acids is 2. The van der Waals surface area contributed by atoms with Gasteiger partial charge in [0, 0.05) is 66.0 Å². The summed E-state index contributed by atoms with van der Waals surface area (Å²) in [5.74, 6) is -1.08. The average molecular weight is 839 g/mol. The highest BCUT2D eigenvalue weighted by atomic mass is 32.2. The summed E-state index contributed by atoms with van der Waals surface area (Å²) in [7, 11) is -6.73. The highest BCUT2D eigenvalue weighted by molar-refractivity contribution is 7.86. The molecule has 3 N–H and O–H groups in total. The predicted molar refractivity (Wildman–Crippen MR) is 230 cm³/mol. The van der Waals surface area contributed by atoms with Gasteiger partial charge in [-0.05, 0) is 75.8 Å². The number of hydrogen-bond donors (Lipinski definition) is 3. The number of nitrogens with one attached hydrogen (secondary N) is 1. The van der Waals surface area contributed by atoms with E-state index in [0.29, 0.717) is 57.3 Å². The summed E-state index contributed by atoms with van der Waals surface area (Å²) in [6.07, 6.45) is 16.5. The van der Waals surface area contributed by atoms with Crippen molar-refractivity contribution in [3.05, 3.63) is 107 Å². The lowest BCUT2D eigenvalue weighted by Crippen LogP contribution is -2.28. The third-order valence-electron chi connectivity index (χ3n) is 10.8. The Morgan fingerprint density at radius 1 is 0.793 bits per heavy atom. The number of ether oxygens (including phenoxy) is 1. The molecule has 0 saturated carbocycles. The van der Waals surface area contributed by atoms with Crippen LogP contribution in [0.15, 0.2) is 96.3 Å². The Morgan fingerprint density at radius 3 is 2.12 bits per heavy atom. The normalized spacial score (nSPS) is 17.1. The molecule has 0 spiro atoms. The zero-order valence-electron chi connectivity index (χ0n) is 34.4. The molecule has 14 heteroatoms. The van der Waals surface area contributed by atoms with Gasteiger partial charge >= 0.3 is 5.97 Å². The Bertz CT molecular complexity index is 2170. The minimum atomic E-state index is -4.06. The van der Waals surface area contributed by atoms with E-state index in [1.54, 1.807) is 12.2 Å². The number of amides is 1. The van der Waals surface area contributed by atoms with Crippen LogP contribution in [-0.4, -0.2) is 86.4 Å². The molecule has 2 aliphatic heterocycles. The van der Waals surface area contributed by atoms with E-state index in [9.17, 15) is 35.5 Å². The first kappa shape index (κ1) is 46.3. The van der Waals surface area contributed by atoms with E-state index in [1.165, 1.54) is 7.11 Å². The second-order valence-corrected chi connectivity index (χ2v) is 19.0. The van der Waals surface area contributed by atoms with Crippen molar-refractivity contribution in [2.45, 2.75) is 96.3 Å². The highest BCUT2D eigenvalue weighted by Crippen LogP contribution is 2.47. The van der Waals surface area contributed by atoms with E-state index in [0.717, 1.165) is 59.6 Å². The lowest BCUT2D eigenvalue weighted by molar-refractivity contribution is -0.438. The molecule has 4 rings (SSSR count). The van der Waals surface area contributed by atoms with E-state index < -0.39 is 20.2 Å². The highest BCUT2D eigenvalue weighted by Gasteiger charge is 2.44. The van der Waals surface area contributed by atoms with E-state index in [2.05, 4.69) is 54.6 Å². The SMILES string of the molecule is COC(=O)CCCCCCNC(=O)C(=C\C=C\C1=[N+](CCCCS(=O)(=O)O)c2ccccc2C1(C)C)/C=C/C=C1/N(CCCCS(=O)(=O)O)c2ccccc2C1(C)C. The van der Waals surface area contributed by atoms with Crippen LogP contribution in [0.25, 0.3) is 0 Å². The van der Waals surface area contributed by atoms with Gasteiger partial charge in [-0.2, -0.15) is 21.4 Å². The number of para-hydroxylation sites is 2. The molecule has 0 saturated heterocycles. The summed E-state index contributed by atoms with van der Waals surface area (Å²) in [5.41, 5.74) is 5.97. The van der Waals surface area contributed by atoms with Crippen LogP contribution in [0, 0.1) is 0 Å². The molecule has 316 valence electrons. The molecule has 0 atom stereocenters. The minimum Gasteiger partial charge on any atom is -0.469 e. The van der Waals surface area contributed by atoms with Crippen LogP contribution in [0.1, 0.15) is 96.6 Å². The molecular formula is C44H60N3O9S2+. The molecule has 12 nitrogen and oxygen atoms in total. The van der Waals surface area contributed by atoms with Crippen molar-refractivity contribution in [1.29, 1.82) is 0 Å². The van der Waals surface area contributed by atoms with Gasteiger partial charge in [-0.25, -0.2) is 0 Å². The molecule has 0 radical (unpaired) electrons. The maximum absolute atomic E-state index is 13.8. The van der Waals surface area contributed by atoms with Gasteiger partial charge in [0.25, 0.3) is 26.1 Å². The number of nitrogens with zero attached hydrogens (tertiary/aromatic N) is 2. The fourth-order valence-electron chi connectivity index (χ4n) is 7.72. The Kier molecular flexibility index (Phi) is 16.4. The molecule has 0 unspecified atom stereocenters. The van der Waals surface area contributed by atoms with Crippen LogP contribution < -0.4 is 10.2 Å². The second kappa shape index (κ2) is 20.5. The molecule has 1 amide bonds. The van der Waals surface area contributed by atoms with Gasteiger partial charge < -0.3 is 15.0 Å². The number of carbonyl (C=O) groups is 2. The summed E-state index contributed by atoms with van der Waals surface area (Å²) in [5, 5.41) is 3.05. The smallest absolute Gasteiger partial charge is 0.305 e. The van der Waals surface area contributed by atoms with Crippen LogP contribution in [0.3, 0.4) is 0 Å². The number of allylic oxidation sites excluding steroid dienone is 6. The zero-order chi connectivity index (χ0) is 42.6. The van der Waals surface area contributed by atoms with E-state index in [1.807, 2.05) is 60.7 Å². The Labute approximate surface area is 345 Å². The minimum absolute atomic E-state index is 0.230. The van der Waals surface area contributed by atoms with Gasteiger partial charge in [-0.3, -0.25) is 18.7 Å². The van der Waals surface area contributed by atoms with Crippen molar-refractivity contribution in [3.63, 3.8) is 0 Å². The first-order chi connectivity index (χ1) is 27.4. The van der Waals surface area contributed by atoms with Crippen molar-refractivity contribution in [3.8, 4) is 0 Å². The summed E-state index contributed by atoms with van der Waals surface area (Å²) < 4.78 is 70.9. The number of esters is 1. The lowest BCUT2D eigenvalue weighted by atomic mass is 9.81. The van der Waals surface area contributed by atoms with Crippen LogP contribution >= 0.6 is 0 Å². The summed E-state index contributed by atoms with van der Waals surface area (Å²) in [4.78, 5) is 27.4. The van der Waals surface area contributed by atoms with E-state index >= 15 is 0 Å². The number of methoxy groups -OCH3 is 1. The number of unbranched alkanes of at least 4 members (excludes halogenated alkanes) is 5. The molecular weight excluding hydrogens is 779 g/mol. The number of benzene rings is 2. The van der Waals surface area contributed by atoms with Gasteiger partial charge in [0.1, 0.15) is 6.54 Å². The molecule has 0 aliphatic carbocycles. The van der Waals surface area contributed by atoms with Gasteiger partial charge in [0.15, 0.2) is 5.71 Å². The van der Waals surface area contributed by atoms with Crippen molar-refractivity contribution in [1.82, 2.24) is 5.32 Å². The van der Waals surface area contributed by atoms with Gasteiger partial charge in [-0.15, -0.1) is 0 Å². The fourth-order valence-corrected chi connectivity index (χ4v) is 8.86. The van der Waals surface area contributed by atoms with Crippen molar-refractivity contribution >= 4 is 49.2 Å². The van der Waals surface area contributed by atoms with Gasteiger partial charge in [0.2, 0.25) is 5.69 Å². The zero-order valence-corrected chi connectivity index (χ0v) is 36.1. The van der Waals surface area contributed by atoms with Crippen LogP contribution in [0.2, 0.25) is 0 Å². The van der Waals surface area contributed by atoms with Crippen LogP contribution in [-0.2, 0) is 45.4 Å². The second-order valence-electron chi connectivity index (χ2n) is 15.8. The number of rotatable bonds is 22. The predicted octanol–water partition coefficient (Wildman–Crippen LogP) is 7.36.